The molecule has 1 aromatic carbocycles. The van der Waals surface area contributed by atoms with Gasteiger partial charge in [0.2, 0.25) is 11.8 Å². The molecule has 0 atom stereocenters. The summed E-state index contributed by atoms with van der Waals surface area (Å²) in [6, 6.07) is 9.26. The molecule has 2 heterocycles. The Morgan fingerprint density at radius 3 is 2.34 bits per heavy atom. The van der Waals surface area contributed by atoms with Gasteiger partial charge in [-0.1, -0.05) is 17.7 Å². The summed E-state index contributed by atoms with van der Waals surface area (Å²) in [5.74, 6) is 0.676. The molecule has 0 bridgehead atoms. The molecule has 29 heavy (non-hydrogen) atoms. The van der Waals surface area contributed by atoms with Gasteiger partial charge in [0, 0.05) is 11.3 Å². The third kappa shape index (κ3) is 3.78. The van der Waals surface area contributed by atoms with Gasteiger partial charge in [-0.3, -0.25) is 4.79 Å². The summed E-state index contributed by atoms with van der Waals surface area (Å²) < 4.78 is 12.0. The van der Waals surface area contributed by atoms with Gasteiger partial charge in [0.25, 0.3) is 11.9 Å². The fourth-order valence-electron chi connectivity index (χ4n) is 3.45. The second-order valence-electron chi connectivity index (χ2n) is 6.97. The smallest absolute Gasteiger partial charge is 0.274 e. The number of fused-ring (bicyclic) bond motifs is 1. The monoisotopic (exact) mass is 393 g/mol. The Kier molecular flexibility index (Phi) is 5.16. The van der Waals surface area contributed by atoms with E-state index in [0.717, 1.165) is 48.2 Å². The van der Waals surface area contributed by atoms with Gasteiger partial charge in [0.1, 0.15) is 5.69 Å². The van der Waals surface area contributed by atoms with Gasteiger partial charge in [0.15, 0.2) is 0 Å². The maximum Gasteiger partial charge on any atom is 0.274 e. The first kappa shape index (κ1) is 18.9. The van der Waals surface area contributed by atoms with E-state index in [1.54, 1.807) is 6.07 Å². The van der Waals surface area contributed by atoms with Crippen LogP contribution >= 0.6 is 0 Å². The molecule has 1 aliphatic carbocycles. The topological polar surface area (TPSA) is 91.2 Å². The highest BCUT2D eigenvalue weighted by Crippen LogP contribution is 2.27. The number of aryl methyl sites for hydroxylation is 2. The highest BCUT2D eigenvalue weighted by molar-refractivity contribution is 6.04. The van der Waals surface area contributed by atoms with Crippen molar-refractivity contribution in [2.75, 3.05) is 19.5 Å². The molecule has 0 aliphatic heterocycles. The van der Waals surface area contributed by atoms with Crippen molar-refractivity contribution in [1.82, 2.24) is 19.7 Å². The Hall–Kier alpha value is -3.42. The van der Waals surface area contributed by atoms with Crippen molar-refractivity contribution in [3.63, 3.8) is 0 Å². The SMILES string of the molecule is COc1cc(OC)nc(-n2nc3c(c2C(=O)Nc2ccc(C)cc2)CCCC3)n1. The molecule has 0 fully saturated rings. The van der Waals surface area contributed by atoms with Crippen LogP contribution in [-0.2, 0) is 12.8 Å². The normalized spacial score (nSPS) is 12.9. The largest absolute Gasteiger partial charge is 0.481 e. The summed E-state index contributed by atoms with van der Waals surface area (Å²) in [7, 11) is 3.04. The van der Waals surface area contributed by atoms with E-state index in [0.29, 0.717) is 17.5 Å². The van der Waals surface area contributed by atoms with E-state index >= 15 is 0 Å². The lowest BCUT2D eigenvalue weighted by Gasteiger charge is -2.12. The number of nitrogens with one attached hydrogen (secondary N) is 1. The van der Waals surface area contributed by atoms with E-state index in [1.165, 1.54) is 18.9 Å². The summed E-state index contributed by atoms with van der Waals surface area (Å²) in [6.07, 6.45) is 3.69. The predicted octanol–water partition coefficient (Wildman–Crippen LogP) is 3.12. The molecule has 2 aromatic heterocycles. The van der Waals surface area contributed by atoms with Crippen LogP contribution in [0.15, 0.2) is 30.3 Å². The number of nitrogens with zero attached hydrogens (tertiary/aromatic N) is 4. The molecular weight excluding hydrogens is 370 g/mol. The summed E-state index contributed by atoms with van der Waals surface area (Å²) in [6.45, 7) is 2.00. The number of carbonyl (C=O) groups excluding carboxylic acids is 1. The maximum absolute atomic E-state index is 13.2. The zero-order valence-corrected chi connectivity index (χ0v) is 16.7. The van der Waals surface area contributed by atoms with Crippen LogP contribution in [0.2, 0.25) is 0 Å². The lowest BCUT2D eigenvalue weighted by molar-refractivity contribution is 0.101. The number of aromatic nitrogens is 4. The van der Waals surface area contributed by atoms with Gasteiger partial charge in [0.05, 0.1) is 26.0 Å². The average Bonchev–Trinajstić information content (AvgIpc) is 3.14. The summed E-state index contributed by atoms with van der Waals surface area (Å²) >= 11 is 0. The van der Waals surface area contributed by atoms with E-state index in [1.807, 2.05) is 31.2 Å². The molecule has 0 radical (unpaired) electrons. The van der Waals surface area contributed by atoms with Gasteiger partial charge < -0.3 is 14.8 Å². The highest BCUT2D eigenvalue weighted by atomic mass is 16.5. The standard InChI is InChI=1S/C21H23N5O3/c1-13-8-10-14(11-9-13)22-20(27)19-15-6-4-5-7-16(15)25-26(19)21-23-17(28-2)12-18(24-21)29-3/h8-12H,4-7H2,1-3H3,(H,22,27). The lowest BCUT2D eigenvalue weighted by Crippen LogP contribution is -2.20. The van der Waals surface area contributed by atoms with Gasteiger partial charge in [-0.2, -0.15) is 19.7 Å². The minimum atomic E-state index is -0.241. The fraction of sp³-hybridized carbons (Fsp3) is 0.333. The van der Waals surface area contributed by atoms with Crippen LogP contribution in [0, 0.1) is 6.92 Å². The van der Waals surface area contributed by atoms with Gasteiger partial charge in [-0.05, 0) is 44.7 Å². The molecule has 0 spiro atoms. The van der Waals surface area contributed by atoms with Crippen LogP contribution < -0.4 is 14.8 Å². The summed E-state index contributed by atoms with van der Waals surface area (Å²) in [5, 5.41) is 7.64. The number of hydrogen-bond donors (Lipinski definition) is 1. The first-order valence-electron chi connectivity index (χ1n) is 9.55. The number of ether oxygens (including phenoxy) is 2. The van der Waals surface area contributed by atoms with Crippen molar-refractivity contribution < 1.29 is 14.3 Å². The van der Waals surface area contributed by atoms with Gasteiger partial charge >= 0.3 is 0 Å². The van der Waals surface area contributed by atoms with Gasteiger partial charge in [-0.15, -0.1) is 0 Å². The highest BCUT2D eigenvalue weighted by Gasteiger charge is 2.27. The number of rotatable bonds is 5. The zero-order valence-electron chi connectivity index (χ0n) is 16.7. The van der Waals surface area contributed by atoms with E-state index in [4.69, 9.17) is 9.47 Å². The zero-order chi connectivity index (χ0) is 20.4. The number of carbonyl (C=O) groups is 1. The van der Waals surface area contributed by atoms with Crippen molar-refractivity contribution >= 4 is 11.6 Å². The molecule has 4 rings (SSSR count). The minimum absolute atomic E-state index is 0.240. The molecule has 3 aromatic rings. The molecule has 8 heteroatoms. The number of benzene rings is 1. The van der Waals surface area contributed by atoms with E-state index in [-0.39, 0.29) is 11.9 Å². The minimum Gasteiger partial charge on any atom is -0.481 e. The molecule has 1 N–H and O–H groups in total. The first-order chi connectivity index (χ1) is 14.1. The van der Waals surface area contributed by atoms with Crippen LogP contribution in [0.3, 0.4) is 0 Å². The molecule has 8 nitrogen and oxygen atoms in total. The van der Waals surface area contributed by atoms with Crippen molar-refractivity contribution in [2.24, 2.45) is 0 Å². The maximum atomic E-state index is 13.2. The predicted molar refractivity (Wildman–Crippen MR) is 108 cm³/mol. The third-order valence-corrected chi connectivity index (χ3v) is 4.96. The van der Waals surface area contributed by atoms with Crippen LogP contribution in [0.25, 0.3) is 5.95 Å². The van der Waals surface area contributed by atoms with Crippen LogP contribution in [-0.4, -0.2) is 39.9 Å². The van der Waals surface area contributed by atoms with Crippen LogP contribution in [0.1, 0.15) is 40.2 Å². The fourth-order valence-corrected chi connectivity index (χ4v) is 3.45. The van der Waals surface area contributed by atoms with Crippen molar-refractivity contribution in [3.05, 3.63) is 52.8 Å². The van der Waals surface area contributed by atoms with E-state index in [9.17, 15) is 4.79 Å². The van der Waals surface area contributed by atoms with Crippen molar-refractivity contribution in [1.29, 1.82) is 0 Å². The molecule has 0 unspecified atom stereocenters. The summed E-state index contributed by atoms with van der Waals surface area (Å²) in [5.41, 5.74) is 4.17. The van der Waals surface area contributed by atoms with E-state index < -0.39 is 0 Å². The molecule has 0 saturated heterocycles. The average molecular weight is 393 g/mol. The lowest BCUT2D eigenvalue weighted by atomic mass is 9.95. The molecule has 1 aliphatic rings. The Morgan fingerprint density at radius 1 is 1.03 bits per heavy atom. The summed E-state index contributed by atoms with van der Waals surface area (Å²) in [4.78, 5) is 22.0. The molecule has 150 valence electrons. The number of hydrogen-bond acceptors (Lipinski definition) is 6. The van der Waals surface area contributed by atoms with Crippen molar-refractivity contribution in [2.45, 2.75) is 32.6 Å². The Balaban J connectivity index is 1.80. The Bertz CT molecular complexity index is 1020. The first-order valence-corrected chi connectivity index (χ1v) is 9.55. The van der Waals surface area contributed by atoms with Gasteiger partial charge in [-0.25, -0.2) is 0 Å². The number of anilines is 1. The molecular formula is C21H23N5O3. The second-order valence-corrected chi connectivity index (χ2v) is 6.97. The molecule has 1 amide bonds. The number of amides is 1. The molecule has 0 saturated carbocycles. The Morgan fingerprint density at radius 2 is 1.69 bits per heavy atom. The number of methoxy groups -OCH3 is 2. The second kappa shape index (κ2) is 7.90. The van der Waals surface area contributed by atoms with E-state index in [2.05, 4.69) is 20.4 Å². The Labute approximate surface area is 168 Å². The quantitative estimate of drug-likeness (QED) is 0.716. The van der Waals surface area contributed by atoms with Crippen LogP contribution in [0.5, 0.6) is 11.8 Å². The van der Waals surface area contributed by atoms with Crippen molar-refractivity contribution in [3.8, 4) is 17.7 Å². The third-order valence-electron chi connectivity index (χ3n) is 4.96. The van der Waals surface area contributed by atoms with Crippen LogP contribution in [0.4, 0.5) is 5.69 Å².